The molecule has 5 rings (SSSR count). The molecule has 3 N–H and O–H groups in total. The van der Waals surface area contributed by atoms with Crippen LogP contribution in [0.1, 0.15) is 40.2 Å². The second kappa shape index (κ2) is 11.5. The molecule has 0 aliphatic carbocycles. The summed E-state index contributed by atoms with van der Waals surface area (Å²) in [6.07, 6.45) is 3.64. The number of hydrogen-bond acceptors (Lipinski definition) is 7. The topological polar surface area (TPSA) is 89.2 Å². The first-order chi connectivity index (χ1) is 19.1. The first-order valence-electron chi connectivity index (χ1n) is 13.1. The van der Waals surface area contributed by atoms with E-state index < -0.39 is 10.8 Å². The molecule has 3 aromatic carbocycles. The van der Waals surface area contributed by atoms with Crippen molar-refractivity contribution in [2.45, 2.75) is 30.6 Å². The lowest BCUT2D eigenvalue weighted by Crippen LogP contribution is -2.37. The second-order valence-corrected chi connectivity index (χ2v) is 12.9. The molecule has 1 aliphatic heterocycles. The monoisotopic (exact) mass is 583 g/mol. The van der Waals surface area contributed by atoms with Crippen molar-refractivity contribution >= 4 is 45.3 Å². The van der Waals surface area contributed by atoms with Crippen LogP contribution in [0.3, 0.4) is 0 Å². The Morgan fingerprint density at radius 2 is 1.90 bits per heavy atom. The number of hydrogen-bond donors (Lipinski definition) is 3. The summed E-state index contributed by atoms with van der Waals surface area (Å²) < 4.78 is 46.6. The van der Waals surface area contributed by atoms with Gasteiger partial charge in [-0.15, -0.1) is 10.8 Å². The van der Waals surface area contributed by atoms with Crippen molar-refractivity contribution < 1.29 is 22.7 Å². The van der Waals surface area contributed by atoms with Gasteiger partial charge in [-0.05, 0) is 67.3 Å². The van der Waals surface area contributed by atoms with Crippen molar-refractivity contribution in [3.63, 3.8) is 0 Å². The van der Waals surface area contributed by atoms with Gasteiger partial charge >= 0.3 is 0 Å². The molecular formula is C30H34FN3O4S2. The van der Waals surface area contributed by atoms with Crippen molar-refractivity contribution in [3.8, 4) is 11.3 Å². The maximum atomic E-state index is 13.7. The molecule has 1 saturated heterocycles. The van der Waals surface area contributed by atoms with Crippen LogP contribution in [-0.4, -0.2) is 52.8 Å². The zero-order valence-electron chi connectivity index (χ0n) is 23.0. The van der Waals surface area contributed by atoms with E-state index in [9.17, 15) is 18.3 Å². The average molecular weight is 584 g/mol. The number of nitrogens with zero attached hydrogens (tertiary/aromatic N) is 2. The van der Waals surface area contributed by atoms with Gasteiger partial charge in [-0.1, -0.05) is 30.1 Å². The van der Waals surface area contributed by atoms with E-state index in [1.165, 1.54) is 12.1 Å². The quantitative estimate of drug-likeness (QED) is 0.194. The molecule has 7 nitrogen and oxygen atoms in total. The molecule has 1 aromatic heterocycles. The highest BCUT2D eigenvalue weighted by Crippen LogP contribution is 2.55. The third-order valence-corrected chi connectivity index (χ3v) is 10.4. The third kappa shape index (κ3) is 5.22. The van der Waals surface area contributed by atoms with Gasteiger partial charge in [0.1, 0.15) is 17.2 Å². The Labute approximate surface area is 240 Å². The molecule has 1 amide bonds. The summed E-state index contributed by atoms with van der Waals surface area (Å²) in [4.78, 5) is 13.7. The molecule has 1 fully saturated rings. The molecule has 0 bridgehead atoms. The van der Waals surface area contributed by atoms with Crippen molar-refractivity contribution in [2.24, 2.45) is 0 Å². The summed E-state index contributed by atoms with van der Waals surface area (Å²) in [6, 6.07) is 17.2. The fraction of sp³-hybridized carbons (Fsp3) is 0.300. The third-order valence-electron chi connectivity index (χ3n) is 7.58. The van der Waals surface area contributed by atoms with Gasteiger partial charge in [-0.3, -0.25) is 13.9 Å². The first kappa shape index (κ1) is 28.5. The van der Waals surface area contributed by atoms with Crippen molar-refractivity contribution in [1.82, 2.24) is 9.62 Å². The molecule has 1 atom stereocenters. The normalized spacial score (nSPS) is 16.7. The fourth-order valence-electron chi connectivity index (χ4n) is 5.43. The number of amides is 1. The van der Waals surface area contributed by atoms with Crippen LogP contribution in [-0.2, 0) is 0 Å². The van der Waals surface area contributed by atoms with Gasteiger partial charge in [0.15, 0.2) is 0 Å². The van der Waals surface area contributed by atoms with Crippen molar-refractivity contribution in [2.75, 3.05) is 37.7 Å². The van der Waals surface area contributed by atoms with Gasteiger partial charge in [-0.25, -0.2) is 8.70 Å². The summed E-state index contributed by atoms with van der Waals surface area (Å²) in [5.41, 5.74) is 4.33. The maximum Gasteiger partial charge on any atom is 0.255 e. The number of nitrogens with one attached hydrogen (secondary N) is 1. The SMILES string of the molecule is CNC(=O)c1c(-c2ccc(F)cc2)oc2cc(N(C)SC)c(C3CCCN(S(O)(O)c4ccccc4C)C3)cc12. The fourth-order valence-corrected chi connectivity index (χ4v) is 7.60. The van der Waals surface area contributed by atoms with Gasteiger partial charge in [0, 0.05) is 56.4 Å². The van der Waals surface area contributed by atoms with Gasteiger partial charge in [0.25, 0.3) is 5.91 Å². The van der Waals surface area contributed by atoms with Gasteiger partial charge in [0.05, 0.1) is 16.1 Å². The van der Waals surface area contributed by atoms with Gasteiger partial charge < -0.3 is 14.0 Å². The lowest BCUT2D eigenvalue weighted by molar-refractivity contribution is 0.0964. The number of rotatable bonds is 7. The largest absolute Gasteiger partial charge is 0.455 e. The van der Waals surface area contributed by atoms with Gasteiger partial charge in [-0.2, -0.15) is 0 Å². The number of carbonyl (C=O) groups is 1. The number of anilines is 1. The summed E-state index contributed by atoms with van der Waals surface area (Å²) in [5.74, 6) is -0.303. The Kier molecular flexibility index (Phi) is 8.17. The van der Waals surface area contributed by atoms with Crippen LogP contribution in [0.2, 0.25) is 0 Å². The molecule has 212 valence electrons. The predicted octanol–water partition coefficient (Wildman–Crippen LogP) is 7.53. The number of benzene rings is 3. The summed E-state index contributed by atoms with van der Waals surface area (Å²) in [6.45, 7) is 2.92. The number of furan rings is 1. The van der Waals surface area contributed by atoms with Crippen LogP contribution in [0.25, 0.3) is 22.3 Å². The molecule has 0 spiro atoms. The standard InChI is InChI=1S/C30H34FN3O4S2/c1-19-8-5-6-10-27(19)40(36,37)34-15-7-9-21(18-34)23-16-24-26(17-25(23)33(3)39-4)38-29(28(24)30(35)32-2)20-11-13-22(31)14-12-20/h5-6,8,10-14,16-17,21,36-37H,7,9,15,18H2,1-4H3,(H,32,35). The maximum absolute atomic E-state index is 13.7. The van der Waals surface area contributed by atoms with Gasteiger partial charge in [0.2, 0.25) is 0 Å². The summed E-state index contributed by atoms with van der Waals surface area (Å²) >= 11 is 1.55. The molecule has 40 heavy (non-hydrogen) atoms. The Hall–Kier alpha value is -3.02. The number of fused-ring (bicyclic) bond motifs is 1. The molecule has 4 aromatic rings. The highest BCUT2D eigenvalue weighted by molar-refractivity contribution is 8.22. The minimum atomic E-state index is -3.17. The summed E-state index contributed by atoms with van der Waals surface area (Å²) in [5, 5.41) is 3.38. The van der Waals surface area contributed by atoms with Crippen LogP contribution in [0.15, 0.2) is 70.0 Å². The molecule has 2 heterocycles. The second-order valence-electron chi connectivity index (χ2n) is 9.99. The van der Waals surface area contributed by atoms with E-state index in [1.807, 2.05) is 54.9 Å². The molecular weight excluding hydrogens is 549 g/mol. The van der Waals surface area contributed by atoms with Crippen LogP contribution in [0.4, 0.5) is 10.1 Å². The zero-order chi connectivity index (χ0) is 28.6. The Morgan fingerprint density at radius 1 is 1.18 bits per heavy atom. The minimum Gasteiger partial charge on any atom is -0.455 e. The Balaban J connectivity index is 1.63. The smallest absolute Gasteiger partial charge is 0.255 e. The lowest BCUT2D eigenvalue weighted by atomic mass is 9.89. The molecule has 1 aliphatic rings. The first-order valence-corrected chi connectivity index (χ1v) is 15.8. The molecule has 0 radical (unpaired) electrons. The van der Waals surface area contributed by atoms with E-state index in [1.54, 1.807) is 41.5 Å². The molecule has 0 saturated carbocycles. The average Bonchev–Trinajstić information content (AvgIpc) is 3.34. The minimum absolute atomic E-state index is 0.0142. The zero-order valence-corrected chi connectivity index (χ0v) is 24.6. The molecule has 10 heteroatoms. The van der Waals surface area contributed by atoms with E-state index in [4.69, 9.17) is 4.42 Å². The van der Waals surface area contributed by atoms with E-state index in [0.29, 0.717) is 45.8 Å². The van der Waals surface area contributed by atoms with E-state index in [0.717, 1.165) is 29.7 Å². The van der Waals surface area contributed by atoms with Crippen LogP contribution >= 0.6 is 22.7 Å². The lowest BCUT2D eigenvalue weighted by Gasteiger charge is -2.47. The Bertz CT molecular complexity index is 1540. The molecule has 1 unspecified atom stereocenters. The van der Waals surface area contributed by atoms with Crippen LogP contribution < -0.4 is 9.62 Å². The van der Waals surface area contributed by atoms with Crippen LogP contribution in [0.5, 0.6) is 0 Å². The van der Waals surface area contributed by atoms with Crippen LogP contribution in [0, 0.1) is 12.7 Å². The number of halogens is 1. The van der Waals surface area contributed by atoms with Crippen molar-refractivity contribution in [3.05, 3.63) is 83.2 Å². The summed E-state index contributed by atoms with van der Waals surface area (Å²) in [7, 11) is 0.369. The van der Waals surface area contributed by atoms with E-state index in [-0.39, 0.29) is 17.6 Å². The van der Waals surface area contributed by atoms with E-state index >= 15 is 0 Å². The number of aryl methyl sites for hydroxylation is 1. The van der Waals surface area contributed by atoms with E-state index in [2.05, 4.69) is 5.32 Å². The highest BCUT2D eigenvalue weighted by atomic mass is 32.3. The predicted molar refractivity (Wildman–Crippen MR) is 163 cm³/mol. The highest BCUT2D eigenvalue weighted by Gasteiger charge is 2.34. The van der Waals surface area contributed by atoms with Crippen molar-refractivity contribution in [1.29, 1.82) is 0 Å². The Morgan fingerprint density at radius 3 is 2.58 bits per heavy atom. The number of carbonyl (C=O) groups excluding carboxylic acids is 1. The number of piperidine rings is 1.